The van der Waals surface area contributed by atoms with Crippen molar-refractivity contribution in [3.05, 3.63) is 68.8 Å². The molecule has 0 bridgehead atoms. The Hall–Kier alpha value is -5.26. The van der Waals surface area contributed by atoms with Crippen molar-refractivity contribution in [2.24, 2.45) is 0 Å². The lowest BCUT2D eigenvalue weighted by atomic mass is 9.74. The zero-order valence-electron chi connectivity index (χ0n) is 33.6. The Balaban J connectivity index is 1.37. The number of aromatic hydroxyl groups is 3. The van der Waals surface area contributed by atoms with Gasteiger partial charge in [-0.15, -0.1) is 0 Å². The van der Waals surface area contributed by atoms with Crippen LogP contribution in [0.1, 0.15) is 84.9 Å². The Morgan fingerprint density at radius 1 is 0.820 bits per heavy atom. The molecular formula is C41H46N2O18. The smallest absolute Gasteiger partial charge is 0.328 e. The first-order valence-corrected chi connectivity index (χ1v) is 19.2. The van der Waals surface area contributed by atoms with E-state index in [1.54, 1.807) is 14.0 Å². The number of likely N-dealkylation sites (N-methyl/N-ethyl adjacent to an activating group) is 1. The molecule has 2 aliphatic carbocycles. The lowest BCUT2D eigenvalue weighted by Crippen LogP contribution is -2.63. The maximum atomic E-state index is 14.1. The monoisotopic (exact) mass is 854 g/mol. The standard InChI is InChI=1S/C41H46N2O18/c1-12-7-19-25(32(50)22(12)38(54)43-13(2)39(55)57-6)24-17(10-18-26(33(24)51)29(47)16-8-15(56-5)9-20(45)23(16)28(18)46)30(48)36(19)60-41-35(53)37(27(42-4)14(3)58-41)61-40-34(52)31(49)21(11-44)59-40/h7-10,13-14,21,27,30-31,34-37,40-42,44-45,48-53H,11H2,1-6H3,(H,43,54)/t13?,14?,21?,27?,30-,31?,34?,35?,36-,37?,40?,41?/m0/s1. The van der Waals surface area contributed by atoms with Crippen LogP contribution < -0.4 is 15.4 Å². The van der Waals surface area contributed by atoms with Gasteiger partial charge in [0.25, 0.3) is 5.91 Å². The molecule has 2 heterocycles. The second-order valence-electron chi connectivity index (χ2n) is 15.3. The quantitative estimate of drug-likeness (QED) is 0.0897. The first-order valence-electron chi connectivity index (χ1n) is 19.2. The topological polar surface area (TPSA) is 310 Å². The van der Waals surface area contributed by atoms with Gasteiger partial charge in [0.05, 0.1) is 49.7 Å². The van der Waals surface area contributed by atoms with Crippen LogP contribution in [0.3, 0.4) is 0 Å². The molecule has 7 rings (SSSR count). The number of carbonyl (C=O) groups is 4. The highest BCUT2D eigenvalue weighted by Gasteiger charge is 2.52. The van der Waals surface area contributed by atoms with Gasteiger partial charge in [-0.1, -0.05) is 6.07 Å². The van der Waals surface area contributed by atoms with E-state index in [0.29, 0.717) is 0 Å². The highest BCUT2D eigenvalue weighted by atomic mass is 16.7. The number of esters is 1. The summed E-state index contributed by atoms with van der Waals surface area (Å²) in [5, 5.41) is 95.0. The van der Waals surface area contributed by atoms with Gasteiger partial charge in [-0.25, -0.2) is 4.79 Å². The van der Waals surface area contributed by atoms with E-state index >= 15 is 0 Å². The molecule has 0 radical (unpaired) electrons. The number of methoxy groups -OCH3 is 2. The Morgan fingerprint density at radius 3 is 2.08 bits per heavy atom. The van der Waals surface area contributed by atoms with Crippen LogP contribution in [0, 0.1) is 6.92 Å². The largest absolute Gasteiger partial charge is 0.507 e. The number of aryl methyl sites for hydroxylation is 1. The van der Waals surface area contributed by atoms with Crippen LogP contribution in [-0.4, -0.2) is 153 Å². The number of ether oxygens (including phenoxy) is 6. The predicted octanol–water partition coefficient (Wildman–Crippen LogP) is -0.523. The van der Waals surface area contributed by atoms with Crippen molar-refractivity contribution in [1.82, 2.24) is 10.6 Å². The van der Waals surface area contributed by atoms with Crippen LogP contribution in [0.2, 0.25) is 0 Å². The average molecular weight is 855 g/mol. The van der Waals surface area contributed by atoms with Crippen molar-refractivity contribution in [1.29, 1.82) is 0 Å². The number of carbonyl (C=O) groups excluding carboxylic acids is 4. The molecule has 2 aliphatic heterocycles. The second kappa shape index (κ2) is 16.5. The minimum absolute atomic E-state index is 0.0259. The fraction of sp³-hybridized carbons (Fsp3) is 0.463. The molecule has 3 aromatic rings. The van der Waals surface area contributed by atoms with E-state index < -0.39 is 137 Å². The van der Waals surface area contributed by atoms with Crippen LogP contribution in [0.25, 0.3) is 11.1 Å². The number of hydrogen-bond donors (Lipinski definition) is 10. The number of hydrogen-bond acceptors (Lipinski definition) is 19. The summed E-state index contributed by atoms with van der Waals surface area (Å²) in [5.74, 6) is -5.83. The molecule has 20 heteroatoms. The Kier molecular flexibility index (Phi) is 11.9. The van der Waals surface area contributed by atoms with Crippen molar-refractivity contribution in [2.45, 2.75) is 94.3 Å². The Labute approximate surface area is 347 Å². The Morgan fingerprint density at radius 2 is 1.46 bits per heavy atom. The fourth-order valence-corrected chi connectivity index (χ4v) is 8.55. The Bertz CT molecular complexity index is 2300. The molecule has 328 valence electrons. The van der Waals surface area contributed by atoms with Gasteiger partial charge in [0, 0.05) is 28.3 Å². The summed E-state index contributed by atoms with van der Waals surface area (Å²) < 4.78 is 33.8. The molecule has 4 aliphatic rings. The second-order valence-corrected chi connectivity index (χ2v) is 15.3. The third kappa shape index (κ3) is 7.07. The van der Waals surface area contributed by atoms with Crippen molar-refractivity contribution < 1.29 is 88.5 Å². The van der Waals surface area contributed by atoms with E-state index in [1.165, 1.54) is 33.1 Å². The van der Waals surface area contributed by atoms with Gasteiger partial charge in [0.15, 0.2) is 24.1 Å². The molecule has 20 nitrogen and oxygen atoms in total. The first kappa shape index (κ1) is 43.8. The summed E-state index contributed by atoms with van der Waals surface area (Å²) >= 11 is 0. The summed E-state index contributed by atoms with van der Waals surface area (Å²) in [6.45, 7) is 3.73. The number of phenols is 3. The maximum absolute atomic E-state index is 14.1. The van der Waals surface area contributed by atoms with Crippen LogP contribution in [-0.2, 0) is 28.5 Å². The fourth-order valence-electron chi connectivity index (χ4n) is 8.55. The SMILES string of the molecule is CNC1C(C)OC(O[C@H]2c3cc(C)c(C(=O)NC(C)C(=O)OC)c(O)c3-c3c(cc4c(c3O)C(=O)c3cc(OC)cc(O)c3C4=O)[C@@H]2O)C(O)C1OC1OC(CO)C(O)C1O. The highest BCUT2D eigenvalue weighted by Crippen LogP contribution is 2.57. The van der Waals surface area contributed by atoms with Gasteiger partial charge in [-0.2, -0.15) is 0 Å². The van der Waals surface area contributed by atoms with E-state index in [9.17, 15) is 60.0 Å². The minimum atomic E-state index is -1.88. The van der Waals surface area contributed by atoms with Gasteiger partial charge >= 0.3 is 5.97 Å². The highest BCUT2D eigenvalue weighted by molar-refractivity contribution is 6.31. The zero-order chi connectivity index (χ0) is 44.5. The minimum Gasteiger partial charge on any atom is -0.507 e. The van der Waals surface area contributed by atoms with Crippen molar-refractivity contribution in [3.8, 4) is 34.1 Å². The first-order chi connectivity index (χ1) is 28.9. The van der Waals surface area contributed by atoms with Crippen molar-refractivity contribution in [2.75, 3.05) is 27.9 Å². The number of nitrogens with one attached hydrogen (secondary N) is 2. The summed E-state index contributed by atoms with van der Waals surface area (Å²) in [4.78, 5) is 54.1. The molecule has 2 fully saturated rings. The number of aliphatic hydroxyl groups excluding tert-OH is 5. The summed E-state index contributed by atoms with van der Waals surface area (Å²) in [7, 11) is 3.93. The van der Waals surface area contributed by atoms with Crippen LogP contribution >= 0.6 is 0 Å². The van der Waals surface area contributed by atoms with E-state index in [2.05, 4.69) is 10.6 Å². The van der Waals surface area contributed by atoms with Gasteiger partial charge in [-0.3, -0.25) is 14.4 Å². The summed E-state index contributed by atoms with van der Waals surface area (Å²) in [5.41, 5.74) is -3.08. The van der Waals surface area contributed by atoms with Gasteiger partial charge in [-0.05, 0) is 56.6 Å². The number of amides is 1. The number of fused-ring (bicyclic) bond motifs is 5. The molecule has 10 unspecified atom stereocenters. The third-order valence-corrected chi connectivity index (χ3v) is 11.6. The lowest BCUT2D eigenvalue weighted by molar-refractivity contribution is -0.320. The van der Waals surface area contributed by atoms with Gasteiger partial charge in [0.2, 0.25) is 0 Å². The number of aliphatic hydroxyl groups is 5. The third-order valence-electron chi connectivity index (χ3n) is 11.6. The van der Waals surface area contributed by atoms with E-state index in [1.807, 2.05) is 0 Å². The molecule has 0 spiro atoms. The van der Waals surface area contributed by atoms with Crippen LogP contribution in [0.5, 0.6) is 23.0 Å². The van der Waals surface area contributed by atoms with Gasteiger partial charge in [0.1, 0.15) is 71.8 Å². The molecule has 1 amide bonds. The normalized spacial score (nSPS) is 29.5. The molecule has 10 N–H and O–H groups in total. The molecule has 61 heavy (non-hydrogen) atoms. The van der Waals surface area contributed by atoms with Crippen molar-refractivity contribution in [3.63, 3.8) is 0 Å². The van der Waals surface area contributed by atoms with Crippen molar-refractivity contribution >= 4 is 23.4 Å². The summed E-state index contributed by atoms with van der Waals surface area (Å²) in [6.07, 6.45) is -15.0. The number of rotatable bonds is 10. The lowest BCUT2D eigenvalue weighted by Gasteiger charge is -2.46. The van der Waals surface area contributed by atoms with Gasteiger partial charge < -0.3 is 79.9 Å². The molecule has 12 atom stereocenters. The average Bonchev–Trinajstić information content (AvgIpc) is 3.49. The number of phenolic OH excluding ortho intramolecular Hbond substituents is 3. The molecule has 3 aromatic carbocycles. The van der Waals surface area contributed by atoms with E-state index in [-0.39, 0.29) is 44.7 Å². The van der Waals surface area contributed by atoms with E-state index in [4.69, 9.17) is 28.4 Å². The molecular weight excluding hydrogens is 808 g/mol. The summed E-state index contributed by atoms with van der Waals surface area (Å²) in [6, 6.07) is 2.77. The van der Waals surface area contributed by atoms with Crippen LogP contribution in [0.4, 0.5) is 0 Å². The maximum Gasteiger partial charge on any atom is 0.328 e. The molecule has 0 aromatic heterocycles. The number of benzene rings is 3. The van der Waals surface area contributed by atoms with E-state index in [0.717, 1.165) is 19.2 Å². The molecule has 0 saturated carbocycles. The number of ketones is 2. The molecule has 2 saturated heterocycles. The predicted molar refractivity (Wildman–Crippen MR) is 205 cm³/mol. The zero-order valence-corrected chi connectivity index (χ0v) is 33.6. The van der Waals surface area contributed by atoms with Crippen LogP contribution in [0.15, 0.2) is 24.3 Å².